The van der Waals surface area contributed by atoms with Crippen molar-refractivity contribution in [2.45, 2.75) is 45.4 Å². The van der Waals surface area contributed by atoms with Crippen LogP contribution in [-0.4, -0.2) is 66.7 Å². The van der Waals surface area contributed by atoms with Crippen LogP contribution in [0.25, 0.3) is 10.1 Å². The van der Waals surface area contributed by atoms with E-state index in [0.29, 0.717) is 24.1 Å². The van der Waals surface area contributed by atoms with E-state index in [1.165, 1.54) is 59.4 Å². The number of fused-ring (bicyclic) bond motifs is 1. The van der Waals surface area contributed by atoms with Gasteiger partial charge in [-0.1, -0.05) is 30.3 Å². The minimum atomic E-state index is -0.0307. The third-order valence-corrected chi connectivity index (χ3v) is 10.1. The second kappa shape index (κ2) is 11.8. The number of benzene rings is 2. The molecule has 216 valence electrons. The summed E-state index contributed by atoms with van der Waals surface area (Å²) in [6, 6.07) is 19.2. The number of rotatable bonds is 9. The molecule has 0 atom stereocenters. The third-order valence-electron chi connectivity index (χ3n) is 8.98. The van der Waals surface area contributed by atoms with Crippen molar-refractivity contribution in [3.8, 4) is 0 Å². The fourth-order valence-electron chi connectivity index (χ4n) is 6.61. The molecule has 1 spiro atoms. The minimum Gasteiger partial charge on any atom is -0.347 e. The number of nitrogens with zero attached hydrogens (tertiary/aromatic N) is 5. The van der Waals surface area contributed by atoms with Gasteiger partial charge in [-0.25, -0.2) is 9.97 Å². The van der Waals surface area contributed by atoms with Crippen molar-refractivity contribution in [1.82, 2.24) is 34.6 Å². The van der Waals surface area contributed by atoms with Gasteiger partial charge in [-0.15, -0.1) is 11.3 Å². The predicted molar refractivity (Wildman–Crippen MR) is 166 cm³/mol. The Morgan fingerprint density at radius 2 is 1.52 bits per heavy atom. The molecular formula is C33H37N7OS. The summed E-state index contributed by atoms with van der Waals surface area (Å²) in [5.41, 5.74) is 2.39. The van der Waals surface area contributed by atoms with E-state index < -0.39 is 0 Å². The number of aromatic amines is 2. The molecule has 7 rings (SSSR count). The van der Waals surface area contributed by atoms with Gasteiger partial charge in [-0.3, -0.25) is 14.6 Å². The van der Waals surface area contributed by atoms with E-state index in [0.717, 1.165) is 31.3 Å². The van der Waals surface area contributed by atoms with Crippen molar-refractivity contribution < 1.29 is 4.79 Å². The van der Waals surface area contributed by atoms with Gasteiger partial charge in [0.15, 0.2) is 0 Å². The number of imidazole rings is 2. The number of nitrogens with one attached hydrogen (secondary N) is 2. The monoisotopic (exact) mass is 579 g/mol. The predicted octanol–water partition coefficient (Wildman–Crippen LogP) is 5.68. The van der Waals surface area contributed by atoms with Crippen molar-refractivity contribution in [3.05, 3.63) is 107 Å². The van der Waals surface area contributed by atoms with Crippen LogP contribution in [0.5, 0.6) is 0 Å². The van der Waals surface area contributed by atoms with Crippen LogP contribution in [0.15, 0.2) is 79.4 Å². The van der Waals surface area contributed by atoms with E-state index in [1.54, 1.807) is 29.7 Å². The van der Waals surface area contributed by atoms with Crippen LogP contribution < -0.4 is 0 Å². The average Bonchev–Trinajstić information content (AvgIpc) is 3.83. The van der Waals surface area contributed by atoms with Crippen LogP contribution >= 0.6 is 11.3 Å². The summed E-state index contributed by atoms with van der Waals surface area (Å²) in [5.74, 6) is 1.47. The molecule has 0 radical (unpaired) electrons. The Balaban J connectivity index is 0.929. The molecule has 3 aromatic heterocycles. The van der Waals surface area contributed by atoms with Crippen LogP contribution in [0.3, 0.4) is 0 Å². The van der Waals surface area contributed by atoms with Gasteiger partial charge in [-0.05, 0) is 79.5 Å². The lowest BCUT2D eigenvalue weighted by atomic mass is 9.78. The van der Waals surface area contributed by atoms with Gasteiger partial charge < -0.3 is 14.9 Å². The summed E-state index contributed by atoms with van der Waals surface area (Å²) in [6.45, 7) is 7.49. The normalized spacial score (nSPS) is 17.3. The number of carbonyl (C=O) groups excluding carboxylic acids is 1. The Labute approximate surface area is 250 Å². The van der Waals surface area contributed by atoms with E-state index in [4.69, 9.17) is 0 Å². The van der Waals surface area contributed by atoms with E-state index in [1.807, 2.05) is 23.5 Å². The van der Waals surface area contributed by atoms with E-state index >= 15 is 0 Å². The maximum Gasteiger partial charge on any atom is 0.254 e. The third kappa shape index (κ3) is 6.04. The molecule has 2 N–H and O–H groups in total. The number of carbonyl (C=O) groups is 1. The molecule has 2 aliphatic heterocycles. The molecule has 0 bridgehead atoms. The Kier molecular flexibility index (Phi) is 7.63. The van der Waals surface area contributed by atoms with Gasteiger partial charge in [0.05, 0.1) is 13.1 Å². The largest absolute Gasteiger partial charge is 0.347 e. The summed E-state index contributed by atoms with van der Waals surface area (Å²) < 4.78 is 1.39. The van der Waals surface area contributed by atoms with Gasteiger partial charge in [0, 0.05) is 59.6 Å². The SMILES string of the molecule is O=C(c1ccc(CN2CCC3(CCN(Cc4cc5ccccc5s4)CC3)C2)cc1)N(Cc1ncc[nH]1)Cc1ncc[nH]1. The van der Waals surface area contributed by atoms with Crippen LogP contribution in [-0.2, 0) is 26.2 Å². The smallest absolute Gasteiger partial charge is 0.254 e. The first kappa shape index (κ1) is 27.1. The molecule has 0 unspecified atom stereocenters. The molecule has 1 amide bonds. The number of likely N-dealkylation sites (tertiary alicyclic amines) is 2. The fraction of sp³-hybridized carbons (Fsp3) is 0.364. The van der Waals surface area contributed by atoms with Gasteiger partial charge in [-0.2, -0.15) is 0 Å². The standard InChI is InChI=1S/C33H37N7OS/c41-32(40(22-30-34-12-13-35-30)23-31-36-14-15-37-31)26-7-5-25(6-8-26)20-39-18-11-33(24-39)9-16-38(17-10-33)21-28-19-27-3-1-2-4-29(27)42-28/h1-8,12-15,19H,9-11,16-18,20-24H2,(H,34,35)(H,36,37). The zero-order chi connectivity index (χ0) is 28.4. The van der Waals surface area contributed by atoms with Crippen LogP contribution in [0, 0.1) is 5.41 Å². The lowest BCUT2D eigenvalue weighted by molar-refractivity contribution is 0.0721. The van der Waals surface area contributed by atoms with Gasteiger partial charge in [0.25, 0.3) is 5.91 Å². The maximum absolute atomic E-state index is 13.5. The number of thiophene rings is 1. The van der Waals surface area contributed by atoms with Crippen molar-refractivity contribution in [2.75, 3.05) is 26.2 Å². The molecule has 5 heterocycles. The van der Waals surface area contributed by atoms with Crippen molar-refractivity contribution >= 4 is 27.3 Å². The quantitative estimate of drug-likeness (QED) is 0.235. The van der Waals surface area contributed by atoms with Gasteiger partial charge >= 0.3 is 0 Å². The Morgan fingerprint density at radius 3 is 2.17 bits per heavy atom. The summed E-state index contributed by atoms with van der Waals surface area (Å²) >= 11 is 1.94. The van der Waals surface area contributed by atoms with Gasteiger partial charge in [0.1, 0.15) is 11.6 Å². The van der Waals surface area contributed by atoms with E-state index in [2.05, 4.69) is 72.2 Å². The van der Waals surface area contributed by atoms with E-state index in [-0.39, 0.29) is 5.91 Å². The summed E-state index contributed by atoms with van der Waals surface area (Å²) in [6.07, 6.45) is 10.8. The number of hydrogen-bond donors (Lipinski definition) is 2. The molecule has 9 heteroatoms. The topological polar surface area (TPSA) is 84.2 Å². The van der Waals surface area contributed by atoms with Crippen LogP contribution in [0.4, 0.5) is 0 Å². The highest BCUT2D eigenvalue weighted by molar-refractivity contribution is 7.19. The first-order valence-electron chi connectivity index (χ1n) is 14.9. The number of H-pyrrole nitrogens is 2. The molecule has 0 aliphatic carbocycles. The highest BCUT2D eigenvalue weighted by Crippen LogP contribution is 2.41. The molecule has 0 saturated carbocycles. The van der Waals surface area contributed by atoms with Gasteiger partial charge in [0.2, 0.25) is 0 Å². The first-order chi connectivity index (χ1) is 20.6. The fourth-order valence-corrected chi connectivity index (χ4v) is 7.72. The Morgan fingerprint density at radius 1 is 0.857 bits per heavy atom. The number of hydrogen-bond acceptors (Lipinski definition) is 6. The Bertz CT molecular complexity index is 1530. The molecular weight excluding hydrogens is 542 g/mol. The highest BCUT2D eigenvalue weighted by atomic mass is 32.1. The van der Waals surface area contributed by atoms with Crippen LogP contribution in [0.2, 0.25) is 0 Å². The molecule has 8 nitrogen and oxygen atoms in total. The van der Waals surface area contributed by atoms with Crippen molar-refractivity contribution in [1.29, 1.82) is 0 Å². The van der Waals surface area contributed by atoms with Crippen molar-refractivity contribution in [2.24, 2.45) is 5.41 Å². The summed E-state index contributed by atoms with van der Waals surface area (Å²) in [7, 11) is 0. The zero-order valence-electron chi connectivity index (χ0n) is 23.8. The average molecular weight is 580 g/mol. The second-order valence-electron chi connectivity index (χ2n) is 11.9. The number of amides is 1. The zero-order valence-corrected chi connectivity index (χ0v) is 24.7. The Hall–Kier alpha value is -3.79. The summed E-state index contributed by atoms with van der Waals surface area (Å²) in [4.78, 5) is 36.8. The molecule has 5 aromatic rings. The molecule has 2 fully saturated rings. The lowest BCUT2D eigenvalue weighted by Gasteiger charge is -2.39. The highest BCUT2D eigenvalue weighted by Gasteiger charge is 2.40. The maximum atomic E-state index is 13.5. The number of aromatic nitrogens is 4. The summed E-state index contributed by atoms with van der Waals surface area (Å²) in [5, 5.41) is 1.37. The molecule has 2 aliphatic rings. The minimum absolute atomic E-state index is 0.0307. The van der Waals surface area contributed by atoms with E-state index in [9.17, 15) is 4.79 Å². The van der Waals surface area contributed by atoms with Crippen molar-refractivity contribution in [3.63, 3.8) is 0 Å². The second-order valence-corrected chi connectivity index (χ2v) is 13.1. The first-order valence-corrected chi connectivity index (χ1v) is 15.7. The lowest BCUT2D eigenvalue weighted by Crippen LogP contribution is -2.41. The molecule has 2 saturated heterocycles. The molecule has 2 aromatic carbocycles. The van der Waals surface area contributed by atoms with Crippen LogP contribution in [0.1, 0.15) is 51.7 Å². The molecule has 42 heavy (non-hydrogen) atoms. The number of piperidine rings is 1.